The molecule has 2 aromatic rings. The zero-order valence-corrected chi connectivity index (χ0v) is 12.2. The first-order chi connectivity index (χ1) is 9.88. The van der Waals surface area contributed by atoms with Crippen LogP contribution < -0.4 is 4.72 Å². The standard InChI is InChI=1S/C14H14FNO4S/c1-2-14(4-5-14)21(18,19)16-13(17)11-8-10(15)7-9-3-6-20-12(9)11/h3,6-8H,2,4-5H2,1H3,(H,16,17). The average molecular weight is 311 g/mol. The minimum Gasteiger partial charge on any atom is -0.464 e. The predicted molar refractivity (Wildman–Crippen MR) is 74.8 cm³/mol. The fraction of sp³-hybridized carbons (Fsp3) is 0.357. The Bertz CT molecular complexity index is 821. The number of halogens is 1. The Morgan fingerprint density at radius 1 is 1.43 bits per heavy atom. The van der Waals surface area contributed by atoms with Crippen LogP contribution in [0.1, 0.15) is 36.5 Å². The Labute approximate surface area is 121 Å². The van der Waals surface area contributed by atoms with Crippen LogP contribution in [0.15, 0.2) is 28.9 Å². The summed E-state index contributed by atoms with van der Waals surface area (Å²) < 4.78 is 44.3. The van der Waals surface area contributed by atoms with Crippen molar-refractivity contribution in [2.75, 3.05) is 0 Å². The number of amides is 1. The Kier molecular flexibility index (Phi) is 3.05. The maximum atomic E-state index is 13.5. The Morgan fingerprint density at radius 3 is 2.76 bits per heavy atom. The molecule has 1 N–H and O–H groups in total. The van der Waals surface area contributed by atoms with Gasteiger partial charge in [-0.2, -0.15) is 0 Å². The molecule has 1 fully saturated rings. The molecule has 1 aliphatic rings. The summed E-state index contributed by atoms with van der Waals surface area (Å²) in [5.74, 6) is -1.49. The van der Waals surface area contributed by atoms with Crippen LogP contribution in [0.4, 0.5) is 4.39 Å². The van der Waals surface area contributed by atoms with Crippen molar-refractivity contribution in [3.05, 3.63) is 35.8 Å². The molecule has 3 rings (SSSR count). The lowest BCUT2D eigenvalue weighted by molar-refractivity contribution is 0.0981. The van der Waals surface area contributed by atoms with Gasteiger partial charge in [-0.1, -0.05) is 6.92 Å². The summed E-state index contributed by atoms with van der Waals surface area (Å²) in [7, 11) is -3.77. The third kappa shape index (κ3) is 2.21. The van der Waals surface area contributed by atoms with Crippen molar-refractivity contribution in [3.63, 3.8) is 0 Å². The molecule has 0 bridgehead atoms. The maximum absolute atomic E-state index is 13.5. The normalized spacial score (nSPS) is 16.9. The molecule has 1 heterocycles. The minimum absolute atomic E-state index is 0.120. The second-order valence-corrected chi connectivity index (χ2v) is 7.34. The summed E-state index contributed by atoms with van der Waals surface area (Å²) >= 11 is 0. The maximum Gasteiger partial charge on any atom is 0.268 e. The van der Waals surface area contributed by atoms with Crippen molar-refractivity contribution in [1.29, 1.82) is 0 Å². The van der Waals surface area contributed by atoms with Gasteiger partial charge in [-0.3, -0.25) is 4.79 Å². The molecule has 1 aromatic carbocycles. The molecule has 1 aromatic heterocycles. The third-order valence-corrected chi connectivity index (χ3v) is 6.30. The van der Waals surface area contributed by atoms with E-state index >= 15 is 0 Å². The molecule has 1 saturated carbocycles. The number of sulfonamides is 1. The molecule has 0 spiro atoms. The highest BCUT2D eigenvalue weighted by molar-refractivity contribution is 7.91. The molecule has 0 saturated heterocycles. The largest absolute Gasteiger partial charge is 0.464 e. The number of nitrogens with one attached hydrogen (secondary N) is 1. The second kappa shape index (κ2) is 4.56. The average Bonchev–Trinajstić information content (AvgIpc) is 3.10. The van der Waals surface area contributed by atoms with Gasteiger partial charge in [-0.15, -0.1) is 0 Å². The van der Waals surface area contributed by atoms with Crippen LogP contribution in [0.2, 0.25) is 0 Å². The van der Waals surface area contributed by atoms with Crippen LogP contribution in [0.5, 0.6) is 0 Å². The van der Waals surface area contributed by atoms with Gasteiger partial charge in [0.25, 0.3) is 5.91 Å². The fourth-order valence-corrected chi connectivity index (χ4v) is 4.04. The van der Waals surface area contributed by atoms with Gasteiger partial charge in [0.15, 0.2) is 0 Å². The molecule has 0 radical (unpaired) electrons. The summed E-state index contributed by atoms with van der Waals surface area (Å²) in [6, 6.07) is 3.71. The SMILES string of the molecule is CCC1(S(=O)(=O)NC(=O)c2cc(F)cc3ccoc23)CC1. The first kappa shape index (κ1) is 14.1. The number of hydrogen-bond acceptors (Lipinski definition) is 4. The quantitative estimate of drug-likeness (QED) is 0.941. The fourth-order valence-electron chi connectivity index (χ4n) is 2.45. The van der Waals surface area contributed by atoms with Crippen molar-refractivity contribution in [1.82, 2.24) is 4.72 Å². The van der Waals surface area contributed by atoms with Crippen molar-refractivity contribution < 1.29 is 22.0 Å². The lowest BCUT2D eigenvalue weighted by atomic mass is 10.1. The molecule has 1 amide bonds. The van der Waals surface area contributed by atoms with E-state index in [0.717, 1.165) is 6.07 Å². The van der Waals surface area contributed by atoms with Gasteiger partial charge in [0.2, 0.25) is 10.0 Å². The Morgan fingerprint density at radius 2 is 2.14 bits per heavy atom. The number of carbonyl (C=O) groups excluding carboxylic acids is 1. The minimum atomic E-state index is -3.77. The number of fused-ring (bicyclic) bond motifs is 1. The molecule has 0 aliphatic heterocycles. The summed E-state index contributed by atoms with van der Waals surface area (Å²) in [6.45, 7) is 1.77. The van der Waals surface area contributed by atoms with Gasteiger partial charge in [-0.05, 0) is 37.5 Å². The van der Waals surface area contributed by atoms with Crippen LogP contribution in [0, 0.1) is 5.82 Å². The number of furan rings is 1. The summed E-state index contributed by atoms with van der Waals surface area (Å²) in [4.78, 5) is 12.2. The Hall–Kier alpha value is -1.89. The van der Waals surface area contributed by atoms with Gasteiger partial charge in [0.05, 0.1) is 16.6 Å². The van der Waals surface area contributed by atoms with Crippen molar-refractivity contribution in [3.8, 4) is 0 Å². The lowest BCUT2D eigenvalue weighted by Gasteiger charge is -2.14. The number of hydrogen-bond donors (Lipinski definition) is 1. The topological polar surface area (TPSA) is 76.4 Å². The van der Waals surface area contributed by atoms with Gasteiger partial charge in [0, 0.05) is 5.39 Å². The molecular weight excluding hydrogens is 297 g/mol. The highest BCUT2D eigenvalue weighted by atomic mass is 32.2. The van der Waals surface area contributed by atoms with Gasteiger partial charge >= 0.3 is 0 Å². The molecule has 0 unspecified atom stereocenters. The van der Waals surface area contributed by atoms with E-state index in [4.69, 9.17) is 4.42 Å². The summed E-state index contributed by atoms with van der Waals surface area (Å²) in [5.41, 5.74) is 0.0518. The molecule has 5 nitrogen and oxygen atoms in total. The number of rotatable bonds is 4. The second-order valence-electron chi connectivity index (χ2n) is 5.26. The van der Waals surface area contributed by atoms with Crippen LogP contribution in [-0.4, -0.2) is 19.1 Å². The summed E-state index contributed by atoms with van der Waals surface area (Å²) in [5, 5.41) is 0.411. The first-order valence-electron chi connectivity index (χ1n) is 6.62. The van der Waals surface area contributed by atoms with Crippen LogP contribution in [0.3, 0.4) is 0 Å². The number of carbonyl (C=O) groups is 1. The smallest absolute Gasteiger partial charge is 0.268 e. The third-order valence-electron chi connectivity index (χ3n) is 4.01. The van der Waals surface area contributed by atoms with Crippen LogP contribution in [-0.2, 0) is 10.0 Å². The summed E-state index contributed by atoms with van der Waals surface area (Å²) in [6.07, 6.45) is 2.83. The van der Waals surface area contributed by atoms with Gasteiger partial charge in [-0.25, -0.2) is 17.5 Å². The van der Waals surface area contributed by atoms with Crippen molar-refractivity contribution in [2.24, 2.45) is 0 Å². The first-order valence-corrected chi connectivity index (χ1v) is 8.10. The molecule has 0 atom stereocenters. The van der Waals surface area contributed by atoms with E-state index in [-0.39, 0.29) is 11.1 Å². The van der Waals surface area contributed by atoms with Crippen LogP contribution in [0.25, 0.3) is 11.0 Å². The van der Waals surface area contributed by atoms with Crippen LogP contribution >= 0.6 is 0 Å². The lowest BCUT2D eigenvalue weighted by Crippen LogP contribution is -2.39. The van der Waals surface area contributed by atoms with E-state index in [0.29, 0.717) is 24.6 Å². The number of benzene rings is 1. The van der Waals surface area contributed by atoms with E-state index in [1.165, 1.54) is 18.4 Å². The zero-order valence-electron chi connectivity index (χ0n) is 11.3. The zero-order chi connectivity index (χ0) is 15.3. The highest BCUT2D eigenvalue weighted by Crippen LogP contribution is 2.45. The monoisotopic (exact) mass is 311 g/mol. The molecule has 1 aliphatic carbocycles. The molecular formula is C14H14FNO4S. The van der Waals surface area contributed by atoms with E-state index in [2.05, 4.69) is 0 Å². The van der Waals surface area contributed by atoms with E-state index in [1.54, 1.807) is 6.92 Å². The highest BCUT2D eigenvalue weighted by Gasteiger charge is 2.53. The molecule has 112 valence electrons. The van der Waals surface area contributed by atoms with Gasteiger partial charge in [0.1, 0.15) is 11.4 Å². The Balaban J connectivity index is 1.97. The van der Waals surface area contributed by atoms with Crippen molar-refractivity contribution >= 4 is 26.9 Å². The van der Waals surface area contributed by atoms with E-state index in [1.807, 2.05) is 4.72 Å². The molecule has 7 heteroatoms. The van der Waals surface area contributed by atoms with Crippen molar-refractivity contribution in [2.45, 2.75) is 30.9 Å². The molecule has 21 heavy (non-hydrogen) atoms. The predicted octanol–water partition coefficient (Wildman–Crippen LogP) is 2.57. The van der Waals surface area contributed by atoms with Gasteiger partial charge < -0.3 is 4.42 Å². The van der Waals surface area contributed by atoms with E-state index in [9.17, 15) is 17.6 Å². The van der Waals surface area contributed by atoms with E-state index < -0.39 is 26.5 Å².